The topological polar surface area (TPSA) is 106 Å². The Morgan fingerprint density at radius 3 is 2.72 bits per heavy atom. The van der Waals surface area contributed by atoms with E-state index in [1.54, 1.807) is 16.9 Å². The maximum Gasteiger partial charge on any atom is 0.322 e. The maximum absolute atomic E-state index is 13.1. The molecule has 1 atom stereocenters. The monoisotopic (exact) mass is 398 g/mol. The standard InChI is InChI=1S/C19H19FN6O3/c1-11(2)26-15(7-8-21-26)18-23-24-19(29-18)22-17(28)12-9-16(27)25(10-12)14-5-3-13(20)4-6-14/h3-8,11-12H,9-10H2,1-2H3,(H,22,24,28). The Hall–Kier alpha value is -3.56. The quantitative estimate of drug-likeness (QED) is 0.708. The van der Waals surface area contributed by atoms with Crippen LogP contribution in [0.4, 0.5) is 16.1 Å². The van der Waals surface area contributed by atoms with E-state index in [-0.39, 0.29) is 42.6 Å². The first-order chi connectivity index (χ1) is 13.9. The predicted octanol–water partition coefficient (Wildman–Crippen LogP) is 2.64. The molecule has 4 rings (SSSR count). The fourth-order valence-corrected chi connectivity index (χ4v) is 3.23. The predicted molar refractivity (Wildman–Crippen MR) is 101 cm³/mol. The van der Waals surface area contributed by atoms with E-state index in [1.807, 2.05) is 13.8 Å². The molecule has 0 radical (unpaired) electrons. The number of nitrogens with zero attached hydrogens (tertiary/aromatic N) is 5. The highest BCUT2D eigenvalue weighted by Gasteiger charge is 2.35. The molecule has 1 N–H and O–H groups in total. The first-order valence-corrected chi connectivity index (χ1v) is 9.16. The second kappa shape index (κ2) is 7.46. The third-order valence-electron chi connectivity index (χ3n) is 4.67. The molecule has 150 valence electrons. The number of anilines is 2. The maximum atomic E-state index is 13.1. The van der Waals surface area contributed by atoms with Gasteiger partial charge in [-0.15, -0.1) is 5.10 Å². The molecule has 1 aliphatic rings. The number of carbonyl (C=O) groups is 2. The largest absolute Gasteiger partial charge is 0.401 e. The van der Waals surface area contributed by atoms with Crippen LogP contribution in [-0.4, -0.2) is 38.3 Å². The van der Waals surface area contributed by atoms with Crippen molar-refractivity contribution < 1.29 is 18.4 Å². The molecular weight excluding hydrogens is 379 g/mol. The molecule has 3 aromatic rings. The van der Waals surface area contributed by atoms with Gasteiger partial charge in [0.25, 0.3) is 5.89 Å². The third-order valence-corrected chi connectivity index (χ3v) is 4.67. The third kappa shape index (κ3) is 3.73. The van der Waals surface area contributed by atoms with Crippen molar-refractivity contribution in [2.45, 2.75) is 26.3 Å². The molecule has 0 spiro atoms. The first-order valence-electron chi connectivity index (χ1n) is 9.16. The van der Waals surface area contributed by atoms with Gasteiger partial charge in [-0.2, -0.15) is 5.10 Å². The lowest BCUT2D eigenvalue weighted by Crippen LogP contribution is -2.28. The van der Waals surface area contributed by atoms with Crippen molar-refractivity contribution in [3.63, 3.8) is 0 Å². The highest BCUT2D eigenvalue weighted by molar-refractivity contribution is 6.02. The fraction of sp³-hybridized carbons (Fsp3) is 0.316. The molecule has 10 heteroatoms. The lowest BCUT2D eigenvalue weighted by molar-refractivity contribution is -0.122. The molecular formula is C19H19FN6O3. The van der Waals surface area contributed by atoms with Crippen LogP contribution in [0.5, 0.6) is 0 Å². The zero-order valence-corrected chi connectivity index (χ0v) is 15.9. The minimum atomic E-state index is -0.580. The summed E-state index contributed by atoms with van der Waals surface area (Å²) >= 11 is 0. The Labute approximate surface area is 165 Å². The van der Waals surface area contributed by atoms with E-state index in [1.165, 1.54) is 29.2 Å². The van der Waals surface area contributed by atoms with Crippen LogP contribution in [0.3, 0.4) is 0 Å². The number of amides is 2. The van der Waals surface area contributed by atoms with Gasteiger partial charge in [0, 0.05) is 30.9 Å². The van der Waals surface area contributed by atoms with Crippen LogP contribution in [-0.2, 0) is 9.59 Å². The number of carbonyl (C=O) groups excluding carboxylic acids is 2. The van der Waals surface area contributed by atoms with Crippen LogP contribution in [0.2, 0.25) is 0 Å². The summed E-state index contributed by atoms with van der Waals surface area (Å²) in [4.78, 5) is 26.3. The van der Waals surface area contributed by atoms with E-state index >= 15 is 0 Å². The van der Waals surface area contributed by atoms with Crippen molar-refractivity contribution in [2.24, 2.45) is 5.92 Å². The number of rotatable bonds is 5. The molecule has 0 saturated carbocycles. The van der Waals surface area contributed by atoms with Gasteiger partial charge in [-0.25, -0.2) is 4.39 Å². The van der Waals surface area contributed by atoms with Gasteiger partial charge in [0.1, 0.15) is 11.5 Å². The molecule has 2 amide bonds. The lowest BCUT2D eigenvalue weighted by atomic mass is 10.1. The van der Waals surface area contributed by atoms with Crippen molar-refractivity contribution in [1.29, 1.82) is 0 Å². The second-order valence-electron chi connectivity index (χ2n) is 7.04. The highest BCUT2D eigenvalue weighted by Crippen LogP contribution is 2.27. The zero-order chi connectivity index (χ0) is 20.5. The number of hydrogen-bond donors (Lipinski definition) is 1. The first kappa shape index (κ1) is 18.8. The molecule has 9 nitrogen and oxygen atoms in total. The average Bonchev–Trinajstić information content (AvgIpc) is 3.41. The van der Waals surface area contributed by atoms with Gasteiger partial charge in [-0.1, -0.05) is 5.10 Å². The SMILES string of the molecule is CC(C)n1nccc1-c1nnc(NC(=O)C2CC(=O)N(c3ccc(F)cc3)C2)o1. The number of halogens is 1. The van der Waals surface area contributed by atoms with Gasteiger partial charge >= 0.3 is 6.01 Å². The second-order valence-corrected chi connectivity index (χ2v) is 7.04. The van der Waals surface area contributed by atoms with E-state index in [4.69, 9.17) is 4.42 Å². The summed E-state index contributed by atoms with van der Waals surface area (Å²) in [6.45, 7) is 4.14. The Kier molecular flexibility index (Phi) is 4.83. The molecule has 29 heavy (non-hydrogen) atoms. The van der Waals surface area contributed by atoms with Gasteiger partial charge in [-0.3, -0.25) is 19.6 Å². The number of nitrogens with one attached hydrogen (secondary N) is 1. The summed E-state index contributed by atoms with van der Waals surface area (Å²) in [5, 5.41) is 14.6. The van der Waals surface area contributed by atoms with E-state index in [0.29, 0.717) is 11.4 Å². The summed E-state index contributed by atoms with van der Waals surface area (Å²) in [5.74, 6) is -1.33. The summed E-state index contributed by atoms with van der Waals surface area (Å²) in [6, 6.07) is 7.37. The minimum absolute atomic E-state index is 0.0460. The summed E-state index contributed by atoms with van der Waals surface area (Å²) in [5.41, 5.74) is 1.19. The van der Waals surface area contributed by atoms with Crippen LogP contribution >= 0.6 is 0 Å². The number of aromatic nitrogens is 4. The van der Waals surface area contributed by atoms with Gasteiger partial charge in [-0.05, 0) is 44.2 Å². The van der Waals surface area contributed by atoms with Crippen molar-refractivity contribution >= 4 is 23.5 Å². The molecule has 1 unspecified atom stereocenters. The van der Waals surface area contributed by atoms with Crippen LogP contribution in [0.1, 0.15) is 26.3 Å². The Morgan fingerprint density at radius 1 is 1.24 bits per heavy atom. The van der Waals surface area contributed by atoms with E-state index < -0.39 is 11.8 Å². The van der Waals surface area contributed by atoms with E-state index in [0.717, 1.165) is 0 Å². The Bertz CT molecular complexity index is 1040. The number of benzene rings is 1. The molecule has 3 heterocycles. The molecule has 1 aromatic carbocycles. The zero-order valence-electron chi connectivity index (χ0n) is 15.9. The van der Waals surface area contributed by atoms with Crippen molar-refractivity contribution in [2.75, 3.05) is 16.8 Å². The lowest BCUT2D eigenvalue weighted by Gasteiger charge is -2.16. The van der Waals surface area contributed by atoms with Gasteiger partial charge < -0.3 is 9.32 Å². The van der Waals surface area contributed by atoms with Crippen LogP contribution in [0, 0.1) is 11.7 Å². The molecule has 0 aliphatic carbocycles. The van der Waals surface area contributed by atoms with E-state index in [9.17, 15) is 14.0 Å². The molecule has 1 fully saturated rings. The van der Waals surface area contributed by atoms with Crippen LogP contribution in [0.15, 0.2) is 40.9 Å². The molecule has 0 bridgehead atoms. The normalized spacial score (nSPS) is 16.6. The number of hydrogen-bond acceptors (Lipinski definition) is 6. The average molecular weight is 398 g/mol. The minimum Gasteiger partial charge on any atom is -0.401 e. The van der Waals surface area contributed by atoms with Crippen molar-refractivity contribution in [3.05, 3.63) is 42.3 Å². The van der Waals surface area contributed by atoms with Crippen molar-refractivity contribution in [3.8, 4) is 11.6 Å². The Morgan fingerprint density at radius 2 is 2.00 bits per heavy atom. The van der Waals surface area contributed by atoms with Crippen LogP contribution < -0.4 is 10.2 Å². The van der Waals surface area contributed by atoms with E-state index in [2.05, 4.69) is 20.6 Å². The smallest absolute Gasteiger partial charge is 0.322 e. The van der Waals surface area contributed by atoms with Gasteiger partial charge in [0.15, 0.2) is 0 Å². The molecule has 1 aliphatic heterocycles. The fourth-order valence-electron chi connectivity index (χ4n) is 3.23. The summed E-state index contributed by atoms with van der Waals surface area (Å²) in [6.07, 6.45) is 1.68. The molecule has 1 saturated heterocycles. The van der Waals surface area contributed by atoms with Crippen molar-refractivity contribution in [1.82, 2.24) is 20.0 Å². The van der Waals surface area contributed by atoms with Gasteiger partial charge in [0.2, 0.25) is 11.8 Å². The van der Waals surface area contributed by atoms with Gasteiger partial charge in [0.05, 0.1) is 5.92 Å². The summed E-state index contributed by atoms with van der Waals surface area (Å²) in [7, 11) is 0. The Balaban J connectivity index is 1.44. The highest BCUT2D eigenvalue weighted by atomic mass is 19.1. The van der Waals surface area contributed by atoms with Crippen LogP contribution in [0.25, 0.3) is 11.6 Å². The summed E-state index contributed by atoms with van der Waals surface area (Å²) < 4.78 is 20.4. The molecule has 2 aromatic heterocycles.